The molecule has 1 aliphatic carbocycles. The number of benzene rings is 3. The Morgan fingerprint density at radius 3 is 2.51 bits per heavy atom. The van der Waals surface area contributed by atoms with E-state index in [1.54, 1.807) is 6.07 Å². The molecule has 3 aliphatic rings. The van der Waals surface area contributed by atoms with E-state index < -0.39 is 5.54 Å². The average molecular weight is 491 g/mol. The van der Waals surface area contributed by atoms with E-state index in [9.17, 15) is 10.1 Å². The predicted octanol–water partition coefficient (Wildman–Crippen LogP) is 5.59. The molecular weight excluding hydrogens is 460 g/mol. The lowest BCUT2D eigenvalue weighted by atomic mass is 9.66. The summed E-state index contributed by atoms with van der Waals surface area (Å²) in [4.78, 5) is 18.8. The van der Waals surface area contributed by atoms with Crippen LogP contribution >= 0.6 is 0 Å². The molecular formula is C31H30N4O2. The van der Waals surface area contributed by atoms with Crippen molar-refractivity contribution < 1.29 is 9.53 Å². The first-order valence-electron chi connectivity index (χ1n) is 13.1. The van der Waals surface area contributed by atoms with Gasteiger partial charge in [-0.1, -0.05) is 80.6 Å². The fourth-order valence-corrected chi connectivity index (χ4v) is 6.45. The number of carbonyl (C=O) groups is 1. The van der Waals surface area contributed by atoms with Crippen LogP contribution in [0.25, 0.3) is 11.1 Å². The third kappa shape index (κ3) is 4.05. The largest absolute Gasteiger partial charge is 0.485 e. The lowest BCUT2D eigenvalue weighted by Gasteiger charge is -2.45. The van der Waals surface area contributed by atoms with Crippen LogP contribution in [0.3, 0.4) is 0 Å². The minimum absolute atomic E-state index is 0.148. The molecule has 2 unspecified atom stereocenters. The van der Waals surface area contributed by atoms with Gasteiger partial charge in [-0.25, -0.2) is 4.99 Å². The molecule has 2 aliphatic heterocycles. The molecule has 0 saturated heterocycles. The van der Waals surface area contributed by atoms with Gasteiger partial charge in [0.15, 0.2) is 11.5 Å². The SMILES string of the molecule is N#Cc1cccc(-c2ccc3c(c2)C2(N=C(N)NC2=O)C(CC2CCCCC2)[C@H](c2ccccc2)O3)c1. The second-order valence-electron chi connectivity index (χ2n) is 10.4. The molecule has 6 nitrogen and oxygen atoms in total. The van der Waals surface area contributed by atoms with Crippen LogP contribution in [0, 0.1) is 23.2 Å². The molecule has 6 heteroatoms. The van der Waals surface area contributed by atoms with Crippen LogP contribution in [0.4, 0.5) is 0 Å². The van der Waals surface area contributed by atoms with Gasteiger partial charge in [0.2, 0.25) is 0 Å². The quantitative estimate of drug-likeness (QED) is 0.498. The van der Waals surface area contributed by atoms with Gasteiger partial charge in [-0.15, -0.1) is 0 Å². The summed E-state index contributed by atoms with van der Waals surface area (Å²) in [5, 5.41) is 12.2. The highest BCUT2D eigenvalue weighted by Crippen LogP contribution is 2.55. The summed E-state index contributed by atoms with van der Waals surface area (Å²) < 4.78 is 6.74. The van der Waals surface area contributed by atoms with Gasteiger partial charge in [0.05, 0.1) is 11.6 Å². The number of amides is 1. The van der Waals surface area contributed by atoms with Crippen molar-refractivity contribution in [1.82, 2.24) is 5.32 Å². The van der Waals surface area contributed by atoms with Crippen LogP contribution in [-0.4, -0.2) is 11.9 Å². The summed E-state index contributed by atoms with van der Waals surface area (Å²) in [5.74, 6) is 0.886. The van der Waals surface area contributed by atoms with Crippen molar-refractivity contribution >= 4 is 11.9 Å². The molecule has 1 fully saturated rings. The highest BCUT2D eigenvalue weighted by atomic mass is 16.5. The number of rotatable bonds is 4. The number of aliphatic imine (C=N–C) groups is 1. The Kier molecular flexibility index (Phi) is 5.92. The first kappa shape index (κ1) is 23.3. The molecule has 3 N–H and O–H groups in total. The van der Waals surface area contributed by atoms with Crippen molar-refractivity contribution in [3.63, 3.8) is 0 Å². The van der Waals surface area contributed by atoms with Gasteiger partial charge in [0.1, 0.15) is 11.9 Å². The highest BCUT2D eigenvalue weighted by Gasteiger charge is 2.58. The first-order chi connectivity index (χ1) is 18.1. The molecule has 6 rings (SSSR count). The summed E-state index contributed by atoms with van der Waals surface area (Å²) in [6.07, 6.45) is 6.51. The second-order valence-corrected chi connectivity index (χ2v) is 10.4. The van der Waals surface area contributed by atoms with Crippen LogP contribution in [0.2, 0.25) is 0 Å². The van der Waals surface area contributed by atoms with E-state index in [4.69, 9.17) is 15.5 Å². The smallest absolute Gasteiger partial charge is 0.259 e. The molecule has 37 heavy (non-hydrogen) atoms. The summed E-state index contributed by atoms with van der Waals surface area (Å²) in [6.45, 7) is 0. The number of fused-ring (bicyclic) bond motifs is 2. The summed E-state index contributed by atoms with van der Waals surface area (Å²) in [6, 6.07) is 25.7. The van der Waals surface area contributed by atoms with E-state index in [0.717, 1.165) is 41.5 Å². The van der Waals surface area contributed by atoms with Gasteiger partial charge in [-0.05, 0) is 53.3 Å². The lowest BCUT2D eigenvalue weighted by Crippen LogP contribution is -2.50. The number of carbonyl (C=O) groups excluding carboxylic acids is 1. The van der Waals surface area contributed by atoms with Gasteiger partial charge >= 0.3 is 0 Å². The molecule has 1 saturated carbocycles. The maximum Gasteiger partial charge on any atom is 0.259 e. The Morgan fingerprint density at radius 1 is 1.00 bits per heavy atom. The third-order valence-electron chi connectivity index (χ3n) is 8.20. The van der Waals surface area contributed by atoms with Gasteiger partial charge in [0.25, 0.3) is 5.91 Å². The van der Waals surface area contributed by atoms with Gasteiger partial charge in [0, 0.05) is 11.5 Å². The molecule has 3 atom stereocenters. The fourth-order valence-electron chi connectivity index (χ4n) is 6.45. The highest BCUT2D eigenvalue weighted by molar-refractivity contribution is 6.08. The molecule has 186 valence electrons. The number of nitrogens with zero attached hydrogens (tertiary/aromatic N) is 2. The van der Waals surface area contributed by atoms with Gasteiger partial charge in [-0.3, -0.25) is 10.1 Å². The number of guanidine groups is 1. The Morgan fingerprint density at radius 2 is 1.78 bits per heavy atom. The summed E-state index contributed by atoms with van der Waals surface area (Å²) in [7, 11) is 0. The van der Waals surface area contributed by atoms with Crippen LogP contribution in [0.5, 0.6) is 5.75 Å². The number of ether oxygens (including phenoxy) is 1. The molecule has 1 amide bonds. The maximum atomic E-state index is 13.9. The predicted molar refractivity (Wildman–Crippen MR) is 143 cm³/mol. The summed E-state index contributed by atoms with van der Waals surface area (Å²) >= 11 is 0. The molecule has 0 bridgehead atoms. The number of nitrogens with two attached hydrogens (primary N) is 1. The molecule has 3 aromatic rings. The van der Waals surface area contributed by atoms with Crippen molar-refractivity contribution in [2.45, 2.75) is 50.2 Å². The average Bonchev–Trinajstić information content (AvgIpc) is 3.24. The molecule has 0 aromatic heterocycles. The Bertz CT molecular complexity index is 1400. The van der Waals surface area contributed by atoms with E-state index in [2.05, 4.69) is 23.5 Å². The van der Waals surface area contributed by atoms with E-state index in [0.29, 0.717) is 17.2 Å². The number of nitrogens with one attached hydrogen (secondary N) is 1. The first-order valence-corrected chi connectivity index (χ1v) is 13.1. The lowest BCUT2D eigenvalue weighted by molar-refractivity contribution is -0.129. The normalized spacial score (nSPS) is 25.1. The van der Waals surface area contributed by atoms with E-state index >= 15 is 0 Å². The third-order valence-corrected chi connectivity index (χ3v) is 8.20. The number of nitriles is 1. The van der Waals surface area contributed by atoms with Gasteiger partial charge in [-0.2, -0.15) is 5.26 Å². The standard InChI is InChI=1S/C31H30N4O2/c32-19-21-10-7-13-23(16-21)24-14-15-27-25(18-24)31(29(36)34-30(33)35-31)26(17-20-8-3-1-4-9-20)28(37-27)22-11-5-2-6-12-22/h2,5-7,10-16,18,20,26,28H,1,3-4,8-9,17H2,(H3,33,34,35,36)/t26?,28-,31?/m0/s1. The fraction of sp³-hybridized carbons (Fsp3) is 0.323. The van der Waals surface area contributed by atoms with Crippen LogP contribution in [0.15, 0.2) is 77.8 Å². The van der Waals surface area contributed by atoms with Crippen molar-refractivity contribution in [2.75, 3.05) is 0 Å². The topological polar surface area (TPSA) is 101 Å². The Labute approximate surface area is 217 Å². The molecule has 1 spiro atoms. The molecule has 3 aromatic carbocycles. The van der Waals surface area contributed by atoms with E-state index in [-0.39, 0.29) is 23.9 Å². The van der Waals surface area contributed by atoms with Crippen molar-refractivity contribution in [2.24, 2.45) is 22.6 Å². The zero-order valence-electron chi connectivity index (χ0n) is 20.7. The summed E-state index contributed by atoms with van der Waals surface area (Å²) in [5.41, 5.74) is 9.18. The number of hydrogen-bond acceptors (Lipinski definition) is 5. The van der Waals surface area contributed by atoms with Crippen molar-refractivity contribution in [3.05, 3.63) is 89.5 Å². The van der Waals surface area contributed by atoms with E-state index in [1.807, 2.05) is 54.6 Å². The maximum absolute atomic E-state index is 13.9. The Balaban J connectivity index is 1.53. The van der Waals surface area contributed by atoms with Crippen LogP contribution < -0.4 is 15.8 Å². The minimum Gasteiger partial charge on any atom is -0.485 e. The minimum atomic E-state index is -1.18. The number of hydrogen-bond donors (Lipinski definition) is 2. The van der Waals surface area contributed by atoms with Gasteiger partial charge < -0.3 is 10.5 Å². The van der Waals surface area contributed by atoms with Crippen molar-refractivity contribution in [1.29, 1.82) is 5.26 Å². The monoisotopic (exact) mass is 490 g/mol. The second kappa shape index (κ2) is 9.40. The molecule has 2 heterocycles. The van der Waals surface area contributed by atoms with Crippen molar-refractivity contribution in [3.8, 4) is 22.9 Å². The zero-order valence-corrected chi connectivity index (χ0v) is 20.7. The van der Waals surface area contributed by atoms with Crippen LogP contribution in [-0.2, 0) is 10.3 Å². The van der Waals surface area contributed by atoms with Crippen LogP contribution in [0.1, 0.15) is 61.3 Å². The zero-order chi connectivity index (χ0) is 25.4. The Hall–Kier alpha value is -4.11. The molecule has 0 radical (unpaired) electrons. The van der Waals surface area contributed by atoms with E-state index in [1.165, 1.54) is 19.3 Å².